The Morgan fingerprint density at radius 3 is 2.23 bits per heavy atom. The molecule has 3 rings (SSSR count). The quantitative estimate of drug-likeness (QED) is 0.466. The van der Waals surface area contributed by atoms with Crippen LogP contribution in [0.5, 0.6) is 0 Å². The van der Waals surface area contributed by atoms with Gasteiger partial charge < -0.3 is 10.2 Å². The van der Waals surface area contributed by atoms with Crippen molar-refractivity contribution in [2.75, 3.05) is 5.88 Å². The normalized spacial score (nSPS) is 15.7. The Balaban J connectivity index is 1.92. The summed E-state index contributed by atoms with van der Waals surface area (Å²) in [6.45, 7) is 2.24. The molecular weight excluding hydrogens is 415 g/mol. The third-order valence-corrected chi connectivity index (χ3v) is 6.08. The van der Waals surface area contributed by atoms with Crippen molar-refractivity contribution in [2.24, 2.45) is 0 Å². The highest BCUT2D eigenvalue weighted by Crippen LogP contribution is 2.26. The lowest BCUT2D eigenvalue weighted by Gasteiger charge is -2.32. The van der Waals surface area contributed by atoms with Crippen LogP contribution in [-0.2, 0) is 16.1 Å². The smallest absolute Gasteiger partial charge is 0.247 e. The Kier molecular flexibility index (Phi) is 8.47. The molecule has 0 radical (unpaired) electrons. The van der Waals surface area contributed by atoms with E-state index in [-0.39, 0.29) is 36.1 Å². The van der Waals surface area contributed by atoms with E-state index in [1.165, 1.54) is 29.9 Å². The highest BCUT2D eigenvalue weighted by Gasteiger charge is 2.32. The Morgan fingerprint density at radius 1 is 1.03 bits per heavy atom. The zero-order valence-corrected chi connectivity index (χ0v) is 18.7. The van der Waals surface area contributed by atoms with Gasteiger partial charge in [0.2, 0.25) is 11.8 Å². The molecule has 1 saturated carbocycles. The van der Waals surface area contributed by atoms with Gasteiger partial charge in [-0.15, -0.1) is 11.6 Å². The van der Waals surface area contributed by atoms with Crippen LogP contribution in [0.15, 0.2) is 48.5 Å². The van der Waals surface area contributed by atoms with Crippen LogP contribution in [0.1, 0.15) is 61.3 Å². The van der Waals surface area contributed by atoms with E-state index in [0.717, 1.165) is 36.8 Å². The predicted octanol–water partition coefficient (Wildman–Crippen LogP) is 5.28. The van der Waals surface area contributed by atoms with Gasteiger partial charge in [-0.3, -0.25) is 9.59 Å². The van der Waals surface area contributed by atoms with Crippen molar-refractivity contribution >= 4 is 23.4 Å². The van der Waals surface area contributed by atoms with E-state index in [4.69, 9.17) is 11.6 Å². The number of hydrogen-bond acceptors (Lipinski definition) is 2. The number of alkyl halides is 1. The molecule has 0 aromatic heterocycles. The molecule has 1 fully saturated rings. The summed E-state index contributed by atoms with van der Waals surface area (Å²) < 4.78 is 13.6. The largest absolute Gasteiger partial charge is 0.351 e. The first-order valence-electron chi connectivity index (χ1n) is 10.9. The average molecular weight is 445 g/mol. The Labute approximate surface area is 188 Å². The molecule has 6 heteroatoms. The molecule has 2 amide bonds. The Bertz CT molecular complexity index is 862. The fourth-order valence-electron chi connectivity index (χ4n) is 4.11. The first-order valence-corrected chi connectivity index (χ1v) is 11.5. The minimum atomic E-state index is -0.878. The second kappa shape index (κ2) is 11.3. The standard InChI is InChI=1S/C25H30ClFN2O2/c1-18-8-10-19(11-9-18)17-29(23(30)16-26)24(20-12-14-21(27)15-13-20)25(31)28-22-6-4-2-3-5-7-22/h8-15,22,24H,2-7,16-17H2,1H3,(H,28,31)/t24-/m1/s1. The van der Waals surface area contributed by atoms with Crippen LogP contribution in [0.4, 0.5) is 4.39 Å². The summed E-state index contributed by atoms with van der Waals surface area (Å²) in [6.07, 6.45) is 6.39. The molecule has 0 bridgehead atoms. The number of nitrogens with one attached hydrogen (secondary N) is 1. The molecule has 31 heavy (non-hydrogen) atoms. The van der Waals surface area contributed by atoms with Crippen molar-refractivity contribution in [1.82, 2.24) is 10.2 Å². The van der Waals surface area contributed by atoms with Gasteiger partial charge in [-0.05, 0) is 43.0 Å². The summed E-state index contributed by atoms with van der Waals surface area (Å²) in [5.41, 5.74) is 2.58. The average Bonchev–Trinajstić information content (AvgIpc) is 3.04. The van der Waals surface area contributed by atoms with Crippen LogP contribution >= 0.6 is 11.6 Å². The van der Waals surface area contributed by atoms with Gasteiger partial charge in [0, 0.05) is 12.6 Å². The number of aryl methyl sites for hydroxylation is 1. The number of benzene rings is 2. The summed E-state index contributed by atoms with van der Waals surface area (Å²) in [5.74, 6) is -1.21. The maximum Gasteiger partial charge on any atom is 0.247 e. The van der Waals surface area contributed by atoms with Crippen LogP contribution in [0.3, 0.4) is 0 Å². The van der Waals surface area contributed by atoms with E-state index in [1.807, 2.05) is 31.2 Å². The zero-order valence-electron chi connectivity index (χ0n) is 17.9. The van der Waals surface area contributed by atoms with Crippen molar-refractivity contribution in [3.8, 4) is 0 Å². The lowest BCUT2D eigenvalue weighted by molar-refractivity contribution is -0.140. The molecule has 0 aliphatic heterocycles. The lowest BCUT2D eigenvalue weighted by atomic mass is 10.0. The van der Waals surface area contributed by atoms with Crippen LogP contribution in [0.2, 0.25) is 0 Å². The van der Waals surface area contributed by atoms with E-state index in [0.29, 0.717) is 5.56 Å². The molecule has 1 N–H and O–H groups in total. The molecule has 2 aromatic carbocycles. The van der Waals surface area contributed by atoms with Crippen molar-refractivity contribution in [3.05, 3.63) is 71.0 Å². The summed E-state index contributed by atoms with van der Waals surface area (Å²) in [6, 6.07) is 12.8. The van der Waals surface area contributed by atoms with Gasteiger partial charge in [0.25, 0.3) is 0 Å². The van der Waals surface area contributed by atoms with Gasteiger partial charge >= 0.3 is 0 Å². The number of carbonyl (C=O) groups is 2. The topological polar surface area (TPSA) is 49.4 Å². The minimum Gasteiger partial charge on any atom is -0.351 e. The van der Waals surface area contributed by atoms with Crippen LogP contribution in [0, 0.1) is 12.7 Å². The van der Waals surface area contributed by atoms with Gasteiger partial charge in [0.15, 0.2) is 0 Å². The minimum absolute atomic E-state index is 0.0882. The van der Waals surface area contributed by atoms with E-state index >= 15 is 0 Å². The number of hydrogen-bond donors (Lipinski definition) is 1. The lowest BCUT2D eigenvalue weighted by Crippen LogP contribution is -2.46. The zero-order chi connectivity index (χ0) is 22.2. The number of rotatable bonds is 7. The fraction of sp³-hybridized carbons (Fsp3) is 0.440. The van der Waals surface area contributed by atoms with Gasteiger partial charge in [0.05, 0.1) is 0 Å². The van der Waals surface area contributed by atoms with Crippen LogP contribution in [-0.4, -0.2) is 28.6 Å². The molecule has 0 unspecified atom stereocenters. The monoisotopic (exact) mass is 444 g/mol. The fourth-order valence-corrected chi connectivity index (χ4v) is 4.27. The SMILES string of the molecule is Cc1ccc(CN(C(=O)CCl)[C@@H](C(=O)NC2CCCCCC2)c2ccc(F)cc2)cc1. The van der Waals surface area contributed by atoms with Crippen LogP contribution < -0.4 is 5.32 Å². The van der Waals surface area contributed by atoms with E-state index in [1.54, 1.807) is 12.1 Å². The van der Waals surface area contributed by atoms with E-state index in [2.05, 4.69) is 5.32 Å². The molecule has 166 valence electrons. The van der Waals surface area contributed by atoms with Gasteiger partial charge in [0.1, 0.15) is 17.7 Å². The number of carbonyl (C=O) groups excluding carboxylic acids is 2. The van der Waals surface area contributed by atoms with Crippen LogP contribution in [0.25, 0.3) is 0 Å². The van der Waals surface area contributed by atoms with Gasteiger partial charge in [-0.2, -0.15) is 0 Å². The molecule has 0 spiro atoms. The second-order valence-electron chi connectivity index (χ2n) is 8.29. The number of amides is 2. The third-order valence-electron chi connectivity index (χ3n) is 5.86. The second-order valence-corrected chi connectivity index (χ2v) is 8.56. The maximum atomic E-state index is 13.6. The molecule has 1 aliphatic carbocycles. The molecule has 1 atom stereocenters. The maximum absolute atomic E-state index is 13.6. The molecule has 4 nitrogen and oxygen atoms in total. The first kappa shape index (κ1) is 23.3. The summed E-state index contributed by atoms with van der Waals surface area (Å²) >= 11 is 5.93. The third kappa shape index (κ3) is 6.54. The molecule has 1 aliphatic rings. The summed E-state index contributed by atoms with van der Waals surface area (Å²) in [4.78, 5) is 27.8. The predicted molar refractivity (Wildman–Crippen MR) is 121 cm³/mol. The molecular formula is C25H30ClFN2O2. The summed E-state index contributed by atoms with van der Waals surface area (Å²) in [7, 11) is 0. The van der Waals surface area contributed by atoms with Gasteiger partial charge in [-0.25, -0.2) is 4.39 Å². The number of halogens is 2. The Hall–Kier alpha value is -2.40. The molecule has 2 aromatic rings. The van der Waals surface area contributed by atoms with E-state index in [9.17, 15) is 14.0 Å². The van der Waals surface area contributed by atoms with Gasteiger partial charge in [-0.1, -0.05) is 67.6 Å². The molecule has 0 saturated heterocycles. The van der Waals surface area contributed by atoms with Crippen molar-refractivity contribution in [1.29, 1.82) is 0 Å². The van der Waals surface area contributed by atoms with Crippen molar-refractivity contribution in [3.63, 3.8) is 0 Å². The molecule has 0 heterocycles. The highest BCUT2D eigenvalue weighted by molar-refractivity contribution is 6.27. The Morgan fingerprint density at radius 2 is 1.65 bits per heavy atom. The highest BCUT2D eigenvalue weighted by atomic mass is 35.5. The van der Waals surface area contributed by atoms with Crippen molar-refractivity contribution in [2.45, 2.75) is 64.1 Å². The van der Waals surface area contributed by atoms with Crippen molar-refractivity contribution < 1.29 is 14.0 Å². The number of nitrogens with zero attached hydrogens (tertiary/aromatic N) is 1. The summed E-state index contributed by atoms with van der Waals surface area (Å²) in [5, 5.41) is 3.16. The first-order chi connectivity index (χ1) is 15.0. The van der Waals surface area contributed by atoms with E-state index < -0.39 is 6.04 Å².